The second-order valence-corrected chi connectivity index (χ2v) is 7.36. The Morgan fingerprint density at radius 1 is 1.17 bits per heavy atom. The van der Waals surface area contributed by atoms with E-state index in [1.807, 2.05) is 37.4 Å². The molecule has 0 bridgehead atoms. The van der Waals surface area contributed by atoms with Crippen LogP contribution in [0.5, 0.6) is 0 Å². The second-order valence-electron chi connectivity index (χ2n) is 5.42. The van der Waals surface area contributed by atoms with Gasteiger partial charge in [0.05, 0.1) is 18.1 Å². The Morgan fingerprint density at radius 3 is 2.43 bits per heavy atom. The SMILES string of the molecule is CNC1CCN(S(=O)(=O)c2cnn(-c3ccccc3)c2)CC1.Cl. The zero-order valence-electron chi connectivity index (χ0n) is 12.9. The van der Waals surface area contributed by atoms with E-state index in [9.17, 15) is 8.42 Å². The van der Waals surface area contributed by atoms with Gasteiger partial charge in [0, 0.05) is 19.1 Å². The van der Waals surface area contributed by atoms with Gasteiger partial charge in [0.25, 0.3) is 0 Å². The first-order valence-corrected chi connectivity index (χ1v) is 8.83. The number of piperidine rings is 1. The summed E-state index contributed by atoms with van der Waals surface area (Å²) in [7, 11) is -1.54. The fourth-order valence-corrected chi connectivity index (χ4v) is 4.10. The minimum atomic E-state index is -3.46. The van der Waals surface area contributed by atoms with Gasteiger partial charge in [-0.3, -0.25) is 0 Å². The first-order valence-electron chi connectivity index (χ1n) is 7.39. The van der Waals surface area contributed by atoms with E-state index in [2.05, 4.69) is 10.4 Å². The highest BCUT2D eigenvalue weighted by Gasteiger charge is 2.29. The molecule has 126 valence electrons. The van der Waals surface area contributed by atoms with Crippen molar-refractivity contribution in [1.82, 2.24) is 19.4 Å². The maximum Gasteiger partial charge on any atom is 0.246 e. The summed E-state index contributed by atoms with van der Waals surface area (Å²) in [5.74, 6) is 0. The van der Waals surface area contributed by atoms with Crippen LogP contribution < -0.4 is 5.32 Å². The Labute approximate surface area is 143 Å². The first kappa shape index (κ1) is 17.9. The number of halogens is 1. The van der Waals surface area contributed by atoms with Crippen LogP contribution in [0.4, 0.5) is 0 Å². The standard InChI is InChI=1S/C15H20N4O2S.ClH/c1-16-13-7-9-18(10-8-13)22(20,21)15-11-17-19(12-15)14-5-3-2-4-6-14;/h2-6,11-13,16H,7-10H2,1H3;1H. The number of benzene rings is 1. The van der Waals surface area contributed by atoms with Crippen LogP contribution in [0.3, 0.4) is 0 Å². The van der Waals surface area contributed by atoms with Gasteiger partial charge in [-0.15, -0.1) is 12.4 Å². The molecule has 1 aliphatic rings. The summed E-state index contributed by atoms with van der Waals surface area (Å²) < 4.78 is 28.5. The van der Waals surface area contributed by atoms with Crippen LogP contribution in [0, 0.1) is 0 Å². The highest BCUT2D eigenvalue weighted by molar-refractivity contribution is 7.89. The number of nitrogens with zero attached hydrogens (tertiary/aromatic N) is 3. The van der Waals surface area contributed by atoms with Gasteiger partial charge in [-0.25, -0.2) is 13.1 Å². The monoisotopic (exact) mass is 356 g/mol. The summed E-state index contributed by atoms with van der Waals surface area (Å²) in [5.41, 5.74) is 0.845. The van der Waals surface area contributed by atoms with Crippen molar-refractivity contribution >= 4 is 22.4 Å². The summed E-state index contributed by atoms with van der Waals surface area (Å²) in [4.78, 5) is 0.249. The smallest absolute Gasteiger partial charge is 0.246 e. The summed E-state index contributed by atoms with van der Waals surface area (Å²) in [6.45, 7) is 1.09. The van der Waals surface area contributed by atoms with E-state index in [1.54, 1.807) is 15.2 Å². The van der Waals surface area contributed by atoms with Gasteiger partial charge < -0.3 is 5.32 Å². The van der Waals surface area contributed by atoms with Gasteiger partial charge in [-0.1, -0.05) is 18.2 Å². The largest absolute Gasteiger partial charge is 0.317 e. The predicted octanol–water partition coefficient (Wildman–Crippen LogP) is 1.67. The van der Waals surface area contributed by atoms with Crippen LogP contribution in [0.2, 0.25) is 0 Å². The van der Waals surface area contributed by atoms with Crippen LogP contribution in [0.15, 0.2) is 47.6 Å². The first-order chi connectivity index (χ1) is 10.6. The van der Waals surface area contributed by atoms with E-state index in [4.69, 9.17) is 0 Å². The van der Waals surface area contributed by atoms with Crippen molar-refractivity contribution in [2.45, 2.75) is 23.8 Å². The van der Waals surface area contributed by atoms with Gasteiger partial charge in [-0.2, -0.15) is 9.40 Å². The van der Waals surface area contributed by atoms with Gasteiger partial charge in [0.15, 0.2) is 0 Å². The molecule has 6 nitrogen and oxygen atoms in total. The fourth-order valence-electron chi connectivity index (χ4n) is 2.70. The molecule has 0 spiro atoms. The highest BCUT2D eigenvalue weighted by atomic mass is 35.5. The van der Waals surface area contributed by atoms with E-state index in [0.717, 1.165) is 18.5 Å². The number of aromatic nitrogens is 2. The maximum atomic E-state index is 12.7. The molecule has 2 aromatic rings. The van der Waals surface area contributed by atoms with Crippen LogP contribution in [0.25, 0.3) is 5.69 Å². The Morgan fingerprint density at radius 2 is 1.83 bits per heavy atom. The lowest BCUT2D eigenvalue weighted by Gasteiger charge is -2.30. The van der Waals surface area contributed by atoms with Gasteiger partial charge in [-0.05, 0) is 32.0 Å². The molecule has 0 saturated carbocycles. The third-order valence-electron chi connectivity index (χ3n) is 4.08. The molecule has 8 heteroatoms. The summed E-state index contributed by atoms with van der Waals surface area (Å²) >= 11 is 0. The lowest BCUT2D eigenvalue weighted by atomic mass is 10.1. The fraction of sp³-hybridized carbons (Fsp3) is 0.400. The Hall–Kier alpha value is -1.41. The molecular weight excluding hydrogens is 336 g/mol. The zero-order valence-corrected chi connectivity index (χ0v) is 14.6. The molecule has 0 aliphatic carbocycles. The van der Waals surface area contributed by atoms with Crippen molar-refractivity contribution in [3.63, 3.8) is 0 Å². The quantitative estimate of drug-likeness (QED) is 0.904. The van der Waals surface area contributed by atoms with Gasteiger partial charge in [0.2, 0.25) is 10.0 Å². The van der Waals surface area contributed by atoms with E-state index in [-0.39, 0.29) is 17.3 Å². The normalized spacial score (nSPS) is 16.9. The van der Waals surface area contributed by atoms with Crippen molar-refractivity contribution in [2.75, 3.05) is 20.1 Å². The topological polar surface area (TPSA) is 67.2 Å². The molecular formula is C15H21ClN4O2S. The average molecular weight is 357 g/mol. The average Bonchev–Trinajstić information content (AvgIpc) is 3.06. The number of para-hydroxylation sites is 1. The molecule has 1 fully saturated rings. The van der Waals surface area contributed by atoms with Gasteiger partial charge >= 0.3 is 0 Å². The van der Waals surface area contributed by atoms with Crippen molar-refractivity contribution in [2.24, 2.45) is 0 Å². The number of nitrogens with one attached hydrogen (secondary N) is 1. The van der Waals surface area contributed by atoms with Crippen molar-refractivity contribution in [3.05, 3.63) is 42.7 Å². The maximum absolute atomic E-state index is 12.7. The van der Waals surface area contributed by atoms with E-state index >= 15 is 0 Å². The van der Waals surface area contributed by atoms with Crippen molar-refractivity contribution < 1.29 is 8.42 Å². The third kappa shape index (κ3) is 3.74. The molecule has 2 heterocycles. The van der Waals surface area contributed by atoms with Crippen LogP contribution in [0.1, 0.15) is 12.8 Å². The molecule has 0 radical (unpaired) electrons. The molecule has 0 unspecified atom stereocenters. The van der Waals surface area contributed by atoms with Crippen molar-refractivity contribution in [1.29, 1.82) is 0 Å². The molecule has 0 atom stereocenters. The van der Waals surface area contributed by atoms with Crippen LogP contribution >= 0.6 is 12.4 Å². The molecule has 1 aromatic heterocycles. The van der Waals surface area contributed by atoms with Crippen molar-refractivity contribution in [3.8, 4) is 5.69 Å². The minimum Gasteiger partial charge on any atom is -0.317 e. The third-order valence-corrected chi connectivity index (χ3v) is 5.93. The molecule has 3 rings (SSSR count). The predicted molar refractivity (Wildman–Crippen MR) is 91.7 cm³/mol. The molecule has 1 aromatic carbocycles. The molecule has 1 aliphatic heterocycles. The lowest BCUT2D eigenvalue weighted by molar-refractivity contribution is 0.298. The van der Waals surface area contributed by atoms with E-state index in [0.29, 0.717) is 19.1 Å². The lowest BCUT2D eigenvalue weighted by Crippen LogP contribution is -2.43. The van der Waals surface area contributed by atoms with E-state index < -0.39 is 10.0 Å². The summed E-state index contributed by atoms with van der Waals surface area (Å²) in [5, 5.41) is 7.38. The minimum absolute atomic E-state index is 0. The number of sulfonamides is 1. The zero-order chi connectivity index (χ0) is 15.6. The number of hydrogen-bond acceptors (Lipinski definition) is 4. The number of hydrogen-bond donors (Lipinski definition) is 1. The van der Waals surface area contributed by atoms with E-state index in [1.165, 1.54) is 6.20 Å². The number of rotatable bonds is 4. The molecule has 1 saturated heterocycles. The molecule has 1 N–H and O–H groups in total. The Bertz CT molecular complexity index is 725. The second kappa shape index (κ2) is 7.44. The Balaban J connectivity index is 0.00000192. The Kier molecular flexibility index (Phi) is 5.80. The van der Waals surface area contributed by atoms with Crippen LogP contribution in [-0.2, 0) is 10.0 Å². The molecule has 23 heavy (non-hydrogen) atoms. The highest BCUT2D eigenvalue weighted by Crippen LogP contribution is 2.21. The van der Waals surface area contributed by atoms with Crippen LogP contribution in [-0.4, -0.2) is 48.7 Å². The summed E-state index contributed by atoms with van der Waals surface area (Å²) in [6, 6.07) is 9.89. The van der Waals surface area contributed by atoms with Gasteiger partial charge in [0.1, 0.15) is 4.90 Å². The molecule has 0 amide bonds. The summed E-state index contributed by atoms with van der Waals surface area (Å²) in [6.07, 6.45) is 4.67.